The molecule has 4 saturated carbocycles. The molecular weight excluding hydrogens is 1310 g/mol. The third-order valence-corrected chi connectivity index (χ3v) is 24.9. The Balaban J connectivity index is 0.813. The highest BCUT2D eigenvalue weighted by molar-refractivity contribution is 5.80. The molecule has 98 heavy (non-hydrogen) atoms. The minimum atomic E-state index is -2.10. The number of aliphatic hydroxyl groups is 18. The van der Waals surface area contributed by atoms with Gasteiger partial charge in [0.05, 0.1) is 70.7 Å². The summed E-state index contributed by atoms with van der Waals surface area (Å²) in [5.74, 6) is -3.13. The summed E-state index contributed by atoms with van der Waals surface area (Å²) in [6, 6.07) is 0. The number of aliphatic hydroxyl groups excluding tert-OH is 17. The summed E-state index contributed by atoms with van der Waals surface area (Å²) < 4.78 is 76.7. The van der Waals surface area contributed by atoms with Crippen LogP contribution in [0.5, 0.6) is 0 Å². The van der Waals surface area contributed by atoms with Crippen LogP contribution in [0.1, 0.15) is 107 Å². The average Bonchev–Trinajstić information content (AvgIpc) is 0.697. The largest absolute Gasteiger partial charge is 0.454 e. The molecule has 37 atom stereocenters. The minimum Gasteiger partial charge on any atom is -0.454 e. The van der Waals surface area contributed by atoms with Gasteiger partial charge in [-0.3, -0.25) is 9.59 Å². The number of esters is 2. The van der Waals surface area contributed by atoms with E-state index in [9.17, 15) is 96.7 Å². The number of allylic oxidation sites excluding steroid dienone is 2. The van der Waals surface area contributed by atoms with Gasteiger partial charge in [0.1, 0.15) is 109 Å². The van der Waals surface area contributed by atoms with Crippen molar-refractivity contribution in [3.8, 4) is 0 Å². The standard InChI is InChI=1S/C65H104O33/c1-25-45(93-52-43(81)46(31(73)21-86-52)94-57-50(83)64(85,23-69)24-88-57)42(80)49(90-26(2)70)56(89-25)96-48-37(75)30(72)20-87-55(48)98-58(84)65-14-13-59(3,4)15-28(65)27-9-10-35-60(5)16-29(71)51(61(6,22-68)34(60)11-12-62(35,7)63(27,8)17-36(65)74)97-54-44(82)47(39(77)33(19-67)92-54)95-53-41(79)40(78)38(76)32(18-66)91-53/h9,25,28-57,66-69,71-83,85H,10-24H2,1-8H3/t25-,28-,29-,30-,31+,32+,33+,34+,35+,36+,37-,38+,39+,40-,41+,42+,43+,44?,45-,46-,47-,48+,49+,50-,51-,52-,53-,54-,55-,56-,57-,60-,61?,62+,63+,64+,65+/m0/s1. The van der Waals surface area contributed by atoms with Gasteiger partial charge in [0, 0.05) is 12.3 Å². The van der Waals surface area contributed by atoms with Gasteiger partial charge in [-0.1, -0.05) is 53.2 Å². The molecule has 18 N–H and O–H groups in total. The summed E-state index contributed by atoms with van der Waals surface area (Å²) in [5.41, 5.74) is -6.72. The first-order valence-corrected chi connectivity index (χ1v) is 34.1. The predicted molar refractivity (Wildman–Crippen MR) is 322 cm³/mol. The van der Waals surface area contributed by atoms with Crippen molar-refractivity contribution in [2.45, 2.75) is 284 Å². The second-order valence-electron chi connectivity index (χ2n) is 31.4. The lowest BCUT2D eigenvalue weighted by Gasteiger charge is -2.72. The van der Waals surface area contributed by atoms with Gasteiger partial charge < -0.3 is 153 Å². The van der Waals surface area contributed by atoms with E-state index in [1.54, 1.807) is 6.92 Å². The Bertz CT molecular complexity index is 2820. The van der Waals surface area contributed by atoms with Gasteiger partial charge in [-0.25, -0.2) is 0 Å². The molecule has 11 aliphatic rings. The molecule has 33 nitrogen and oxygen atoms in total. The van der Waals surface area contributed by atoms with E-state index in [1.165, 1.54) is 6.92 Å². The quantitative estimate of drug-likeness (QED) is 0.0366. The molecule has 0 aromatic rings. The summed E-state index contributed by atoms with van der Waals surface area (Å²) >= 11 is 0. The summed E-state index contributed by atoms with van der Waals surface area (Å²) in [5, 5.41) is 200. The zero-order valence-corrected chi connectivity index (χ0v) is 56.3. The van der Waals surface area contributed by atoms with E-state index < -0.39 is 275 Å². The number of carbonyl (C=O) groups is 2. The Morgan fingerprint density at radius 3 is 1.80 bits per heavy atom. The lowest BCUT2D eigenvalue weighted by molar-refractivity contribution is -0.375. The molecule has 0 spiro atoms. The molecule has 6 heterocycles. The van der Waals surface area contributed by atoms with Gasteiger partial charge in [-0.2, -0.15) is 0 Å². The molecule has 6 saturated heterocycles. The van der Waals surface area contributed by atoms with Gasteiger partial charge >= 0.3 is 11.9 Å². The van der Waals surface area contributed by atoms with E-state index in [1.807, 2.05) is 0 Å². The van der Waals surface area contributed by atoms with Crippen LogP contribution in [-0.4, -0.2) is 328 Å². The van der Waals surface area contributed by atoms with Crippen molar-refractivity contribution in [3.63, 3.8) is 0 Å². The van der Waals surface area contributed by atoms with E-state index in [0.29, 0.717) is 32.1 Å². The Morgan fingerprint density at radius 2 is 1.15 bits per heavy atom. The number of hydrogen-bond acceptors (Lipinski definition) is 33. The van der Waals surface area contributed by atoms with E-state index in [4.69, 9.17) is 61.6 Å². The maximum atomic E-state index is 15.7. The number of hydrogen-bond donors (Lipinski definition) is 18. The molecular formula is C65H104O33. The first-order valence-electron chi connectivity index (χ1n) is 34.1. The van der Waals surface area contributed by atoms with Crippen molar-refractivity contribution in [1.82, 2.24) is 0 Å². The summed E-state index contributed by atoms with van der Waals surface area (Å²) in [6.07, 6.45) is -42.3. The second kappa shape index (κ2) is 28.4. The van der Waals surface area contributed by atoms with Crippen LogP contribution in [0.4, 0.5) is 0 Å². The van der Waals surface area contributed by atoms with Crippen LogP contribution < -0.4 is 0 Å². The molecule has 0 aromatic carbocycles. The number of rotatable bonds is 17. The van der Waals surface area contributed by atoms with Crippen molar-refractivity contribution >= 4 is 11.9 Å². The Hall–Kier alpha value is -2.48. The molecule has 0 bridgehead atoms. The zero-order valence-electron chi connectivity index (χ0n) is 56.3. The Morgan fingerprint density at radius 1 is 0.541 bits per heavy atom. The van der Waals surface area contributed by atoms with Gasteiger partial charge in [-0.15, -0.1) is 0 Å². The van der Waals surface area contributed by atoms with Gasteiger partial charge in [0.2, 0.25) is 6.29 Å². The van der Waals surface area contributed by atoms with Crippen LogP contribution in [0.2, 0.25) is 0 Å². The molecule has 562 valence electrons. The van der Waals surface area contributed by atoms with Crippen molar-refractivity contribution in [2.24, 2.45) is 50.2 Å². The fourth-order valence-corrected chi connectivity index (χ4v) is 19.2. The maximum Gasteiger partial charge on any atom is 0.317 e. The number of fused-ring (bicyclic) bond motifs is 7. The summed E-state index contributed by atoms with van der Waals surface area (Å²) in [4.78, 5) is 28.4. The van der Waals surface area contributed by atoms with Crippen LogP contribution in [0.15, 0.2) is 11.6 Å². The SMILES string of the molecule is CC(=O)O[C@H]1[C@H](O[C@H]2[C@H](OC(=O)[C@]34CCC(C)(C)C[C@H]3C3=CC[C@@H]5[C@@]6(C)C[C@H](O)[C@H](O[C@@H]7O[C@H](CO)[C@@H](O)[C@H](O[C@@H]8O[C@H](CO)[C@@H](O)[C@H](O)[C@H]8O)C7O)C(C)(CO)[C@@H]6CC[C@@]5(C)[C@]3(C)C[C@H]4O)OC[C@H](O)[C@@H]2O)O[C@@H](C)[C@H](O[C@@H]2OC[C@@H](O)[C@H](O[C@@H]3OC[C@](O)(CO)[C@H]3O)[C@H]2O)[C@H]1O. The molecule has 5 aliphatic carbocycles. The van der Waals surface area contributed by atoms with Crippen molar-refractivity contribution < 1.29 is 163 Å². The van der Waals surface area contributed by atoms with E-state index in [2.05, 4.69) is 40.7 Å². The zero-order chi connectivity index (χ0) is 71.6. The van der Waals surface area contributed by atoms with Gasteiger partial charge in [0.25, 0.3) is 0 Å². The Kier molecular flexibility index (Phi) is 22.2. The Labute approximate surface area is 565 Å². The highest BCUT2D eigenvalue weighted by atomic mass is 16.8. The second-order valence-corrected chi connectivity index (χ2v) is 31.4. The summed E-state index contributed by atoms with van der Waals surface area (Å²) in [7, 11) is 0. The molecule has 33 heteroatoms. The van der Waals surface area contributed by atoms with Crippen molar-refractivity contribution in [2.75, 3.05) is 46.2 Å². The fourth-order valence-electron chi connectivity index (χ4n) is 19.2. The molecule has 10 fully saturated rings. The number of carbonyl (C=O) groups excluding carboxylic acids is 2. The average molecular weight is 1410 g/mol. The lowest BCUT2D eigenvalue weighted by atomic mass is 9.33. The molecule has 0 aromatic heterocycles. The maximum absolute atomic E-state index is 15.7. The summed E-state index contributed by atoms with van der Waals surface area (Å²) in [6.45, 7) is 10.0. The highest BCUT2D eigenvalue weighted by Crippen LogP contribution is 2.76. The fraction of sp³-hybridized carbons (Fsp3) is 0.938. The van der Waals surface area contributed by atoms with Crippen molar-refractivity contribution in [1.29, 1.82) is 0 Å². The smallest absolute Gasteiger partial charge is 0.317 e. The first kappa shape index (κ1) is 76.6. The van der Waals surface area contributed by atoms with Crippen LogP contribution in [0.25, 0.3) is 0 Å². The topological polar surface area (TPSA) is 518 Å². The van der Waals surface area contributed by atoms with E-state index in [-0.39, 0.29) is 30.6 Å². The van der Waals surface area contributed by atoms with Crippen LogP contribution in [-0.2, 0) is 71.2 Å². The molecule has 6 aliphatic heterocycles. The van der Waals surface area contributed by atoms with Crippen LogP contribution in [0, 0.1) is 50.2 Å². The monoisotopic (exact) mass is 1410 g/mol. The van der Waals surface area contributed by atoms with Crippen LogP contribution in [0.3, 0.4) is 0 Å². The molecule has 11 rings (SSSR count). The van der Waals surface area contributed by atoms with Gasteiger partial charge in [0.15, 0.2) is 43.7 Å². The van der Waals surface area contributed by atoms with E-state index in [0.717, 1.165) is 12.5 Å². The van der Waals surface area contributed by atoms with Crippen molar-refractivity contribution in [3.05, 3.63) is 11.6 Å². The van der Waals surface area contributed by atoms with Gasteiger partial charge in [-0.05, 0) is 97.7 Å². The normalized spacial score (nSPS) is 54.1. The lowest BCUT2D eigenvalue weighted by Crippen LogP contribution is -2.71. The predicted octanol–water partition coefficient (Wildman–Crippen LogP) is -5.96. The first-order chi connectivity index (χ1) is 45.9. The number of ether oxygens (including phenoxy) is 13. The highest BCUT2D eigenvalue weighted by Gasteiger charge is 2.74. The minimum absolute atomic E-state index is 0.0569. The molecule has 0 radical (unpaired) electrons. The molecule has 0 amide bonds. The third kappa shape index (κ3) is 12.9. The third-order valence-electron chi connectivity index (χ3n) is 24.9. The van der Waals surface area contributed by atoms with E-state index >= 15 is 4.79 Å². The van der Waals surface area contributed by atoms with Crippen LogP contribution >= 0.6 is 0 Å². The molecule has 2 unspecified atom stereocenters.